The molecule has 1 N–H and O–H groups in total. The zero-order chi connectivity index (χ0) is 21.7. The summed E-state index contributed by atoms with van der Waals surface area (Å²) < 4.78 is 11.5. The lowest BCUT2D eigenvalue weighted by Crippen LogP contribution is -2.21. The van der Waals surface area contributed by atoms with Gasteiger partial charge in [0.05, 0.1) is 16.6 Å². The van der Waals surface area contributed by atoms with Crippen LogP contribution in [0.4, 0.5) is 5.00 Å². The van der Waals surface area contributed by atoms with Crippen LogP contribution in [0.1, 0.15) is 27.7 Å². The van der Waals surface area contributed by atoms with E-state index in [-0.39, 0.29) is 19.1 Å². The zero-order valence-corrected chi connectivity index (χ0v) is 19.4. The van der Waals surface area contributed by atoms with E-state index in [0.717, 1.165) is 26.0 Å². The highest BCUT2D eigenvalue weighted by Gasteiger charge is 2.22. The number of hydrogen-bond acceptors (Lipinski definition) is 5. The largest absolute Gasteiger partial charge is 0.483 e. The highest BCUT2D eigenvalue weighted by Crippen LogP contribution is 2.33. The molecule has 1 amide bonds. The number of thiophene rings is 1. The Labute approximate surface area is 188 Å². The molecule has 0 aliphatic heterocycles. The fraction of sp³-hybridized carbons (Fsp3) is 0.217. The van der Waals surface area contributed by atoms with Gasteiger partial charge in [0.1, 0.15) is 10.8 Å². The number of hydrogen-bond donors (Lipinski definition) is 1. The van der Waals surface area contributed by atoms with Crippen LogP contribution in [0.2, 0.25) is 0 Å². The molecule has 1 heterocycles. The molecule has 30 heavy (non-hydrogen) atoms. The summed E-state index contributed by atoms with van der Waals surface area (Å²) in [5.41, 5.74) is 3.36. The van der Waals surface area contributed by atoms with Crippen LogP contribution in [-0.2, 0) is 9.53 Å². The smallest absolute Gasteiger partial charge is 0.341 e. The van der Waals surface area contributed by atoms with E-state index < -0.39 is 5.97 Å². The number of aryl methyl sites for hydroxylation is 1. The van der Waals surface area contributed by atoms with Crippen molar-refractivity contribution in [2.24, 2.45) is 0 Å². The SMILES string of the molecule is CCOC(=O)c1c(NC(=O)COc2ccc(-c3ccccc3)cc2Br)sc(C)c1C. The van der Waals surface area contributed by atoms with Crippen LogP contribution >= 0.6 is 27.3 Å². The van der Waals surface area contributed by atoms with Crippen LogP contribution < -0.4 is 10.1 Å². The Balaban J connectivity index is 1.67. The molecule has 3 aromatic rings. The van der Waals surface area contributed by atoms with Crippen molar-refractivity contribution in [2.75, 3.05) is 18.5 Å². The molecule has 0 saturated heterocycles. The lowest BCUT2D eigenvalue weighted by molar-refractivity contribution is -0.118. The first kappa shape index (κ1) is 22.1. The number of rotatable bonds is 7. The molecular weight excluding hydrogens is 466 g/mol. The van der Waals surface area contributed by atoms with E-state index in [0.29, 0.717) is 16.3 Å². The molecule has 2 aromatic carbocycles. The number of amides is 1. The third-order valence-electron chi connectivity index (χ3n) is 4.52. The average Bonchev–Trinajstić information content (AvgIpc) is 3.01. The highest BCUT2D eigenvalue weighted by molar-refractivity contribution is 9.10. The van der Waals surface area contributed by atoms with Gasteiger partial charge in [-0.2, -0.15) is 0 Å². The molecule has 0 saturated carbocycles. The summed E-state index contributed by atoms with van der Waals surface area (Å²) in [6, 6.07) is 15.7. The second kappa shape index (κ2) is 9.91. The van der Waals surface area contributed by atoms with Crippen molar-refractivity contribution in [1.29, 1.82) is 0 Å². The molecule has 3 rings (SSSR count). The minimum Gasteiger partial charge on any atom is -0.483 e. The fourth-order valence-electron chi connectivity index (χ4n) is 2.90. The van der Waals surface area contributed by atoms with Crippen LogP contribution in [0.3, 0.4) is 0 Å². The van der Waals surface area contributed by atoms with Gasteiger partial charge in [-0.05, 0) is 65.5 Å². The first-order chi connectivity index (χ1) is 14.4. The number of esters is 1. The minimum atomic E-state index is -0.435. The molecule has 0 atom stereocenters. The van der Waals surface area contributed by atoms with Gasteiger partial charge < -0.3 is 14.8 Å². The molecule has 0 unspecified atom stereocenters. The molecule has 5 nitrogen and oxygen atoms in total. The second-order valence-corrected chi connectivity index (χ2v) is 8.64. The summed E-state index contributed by atoms with van der Waals surface area (Å²) >= 11 is 4.86. The van der Waals surface area contributed by atoms with Gasteiger partial charge in [-0.1, -0.05) is 36.4 Å². The number of anilines is 1. The van der Waals surface area contributed by atoms with E-state index in [4.69, 9.17) is 9.47 Å². The minimum absolute atomic E-state index is 0.179. The van der Waals surface area contributed by atoms with Crippen LogP contribution in [0.15, 0.2) is 53.0 Å². The summed E-state index contributed by atoms with van der Waals surface area (Å²) in [5.74, 6) is -0.218. The van der Waals surface area contributed by atoms with Gasteiger partial charge in [-0.15, -0.1) is 11.3 Å². The Bertz CT molecular complexity index is 1060. The quantitative estimate of drug-likeness (QED) is 0.415. The number of carbonyl (C=O) groups is 2. The lowest BCUT2D eigenvalue weighted by atomic mass is 10.1. The Morgan fingerprint density at radius 3 is 2.47 bits per heavy atom. The first-order valence-electron chi connectivity index (χ1n) is 9.45. The maximum Gasteiger partial charge on any atom is 0.341 e. The summed E-state index contributed by atoms with van der Waals surface area (Å²) in [6.07, 6.45) is 0. The van der Waals surface area contributed by atoms with Gasteiger partial charge in [0, 0.05) is 4.88 Å². The maximum absolute atomic E-state index is 12.4. The lowest BCUT2D eigenvalue weighted by Gasteiger charge is -2.11. The summed E-state index contributed by atoms with van der Waals surface area (Å²) in [6.45, 7) is 5.59. The normalized spacial score (nSPS) is 10.5. The van der Waals surface area contributed by atoms with Gasteiger partial charge in [0.25, 0.3) is 5.91 Å². The third-order valence-corrected chi connectivity index (χ3v) is 6.26. The van der Waals surface area contributed by atoms with E-state index in [2.05, 4.69) is 21.2 Å². The molecule has 0 aliphatic rings. The van der Waals surface area contributed by atoms with Crippen LogP contribution in [0.5, 0.6) is 5.75 Å². The topological polar surface area (TPSA) is 64.6 Å². The average molecular weight is 488 g/mol. The van der Waals surface area contributed by atoms with Gasteiger partial charge >= 0.3 is 5.97 Å². The Morgan fingerprint density at radius 2 is 1.80 bits per heavy atom. The summed E-state index contributed by atoms with van der Waals surface area (Å²) in [4.78, 5) is 25.6. The van der Waals surface area contributed by atoms with E-state index in [1.807, 2.05) is 62.4 Å². The standard InChI is InChI=1S/C23H22BrNO4S/c1-4-28-23(27)21-14(2)15(3)30-22(21)25-20(26)13-29-19-11-10-17(12-18(19)24)16-8-6-5-7-9-16/h5-12H,4,13H2,1-3H3,(H,25,26). The Hall–Kier alpha value is -2.64. The third kappa shape index (κ3) is 5.09. The molecule has 0 fully saturated rings. The number of nitrogens with one attached hydrogen (secondary N) is 1. The van der Waals surface area contributed by atoms with E-state index in [1.54, 1.807) is 6.92 Å². The van der Waals surface area contributed by atoms with Crippen molar-refractivity contribution < 1.29 is 19.1 Å². The van der Waals surface area contributed by atoms with Crippen molar-refractivity contribution in [3.8, 4) is 16.9 Å². The van der Waals surface area contributed by atoms with E-state index in [9.17, 15) is 9.59 Å². The molecule has 0 aliphatic carbocycles. The van der Waals surface area contributed by atoms with Gasteiger partial charge in [0.2, 0.25) is 0 Å². The summed E-state index contributed by atoms with van der Waals surface area (Å²) in [5, 5.41) is 3.26. The van der Waals surface area contributed by atoms with Crippen molar-refractivity contribution in [3.05, 3.63) is 69.0 Å². The Morgan fingerprint density at radius 1 is 1.07 bits per heavy atom. The van der Waals surface area contributed by atoms with Crippen molar-refractivity contribution in [2.45, 2.75) is 20.8 Å². The van der Waals surface area contributed by atoms with Gasteiger partial charge in [-0.25, -0.2) is 4.79 Å². The molecule has 0 spiro atoms. The molecular formula is C23H22BrNO4S. The van der Waals surface area contributed by atoms with Crippen molar-refractivity contribution >= 4 is 44.1 Å². The molecule has 0 radical (unpaired) electrons. The van der Waals surface area contributed by atoms with Gasteiger partial charge in [-0.3, -0.25) is 4.79 Å². The first-order valence-corrected chi connectivity index (χ1v) is 11.1. The van der Waals surface area contributed by atoms with Crippen molar-refractivity contribution in [3.63, 3.8) is 0 Å². The number of halogens is 1. The predicted octanol–water partition coefficient (Wildman–Crippen LogP) is 5.99. The highest BCUT2D eigenvalue weighted by atomic mass is 79.9. The number of ether oxygens (including phenoxy) is 2. The monoisotopic (exact) mass is 487 g/mol. The number of carbonyl (C=O) groups excluding carboxylic acids is 2. The molecule has 1 aromatic heterocycles. The van der Waals surface area contributed by atoms with E-state index in [1.165, 1.54) is 11.3 Å². The molecule has 7 heteroatoms. The molecule has 156 valence electrons. The number of benzene rings is 2. The zero-order valence-electron chi connectivity index (χ0n) is 17.0. The maximum atomic E-state index is 12.4. The fourth-order valence-corrected chi connectivity index (χ4v) is 4.46. The Kier molecular flexibility index (Phi) is 7.29. The molecule has 0 bridgehead atoms. The van der Waals surface area contributed by atoms with Crippen LogP contribution in [0.25, 0.3) is 11.1 Å². The van der Waals surface area contributed by atoms with E-state index >= 15 is 0 Å². The van der Waals surface area contributed by atoms with Gasteiger partial charge in [0.15, 0.2) is 6.61 Å². The van der Waals surface area contributed by atoms with Crippen molar-refractivity contribution in [1.82, 2.24) is 0 Å². The predicted molar refractivity (Wildman–Crippen MR) is 123 cm³/mol. The second-order valence-electron chi connectivity index (χ2n) is 6.56. The van der Waals surface area contributed by atoms with Crippen LogP contribution in [0, 0.1) is 13.8 Å². The van der Waals surface area contributed by atoms with Crippen LogP contribution in [-0.4, -0.2) is 25.1 Å². The summed E-state index contributed by atoms with van der Waals surface area (Å²) in [7, 11) is 0.